The Kier molecular flexibility index (Phi) is 7.39. The first-order valence-corrected chi connectivity index (χ1v) is 8.91. The predicted octanol–water partition coefficient (Wildman–Crippen LogP) is 0.176. The van der Waals surface area contributed by atoms with E-state index >= 15 is 0 Å². The van der Waals surface area contributed by atoms with Gasteiger partial charge in [0.25, 0.3) is 10.2 Å². The van der Waals surface area contributed by atoms with Crippen molar-refractivity contribution < 1.29 is 8.42 Å². The summed E-state index contributed by atoms with van der Waals surface area (Å²) >= 11 is 0. The van der Waals surface area contributed by atoms with E-state index in [9.17, 15) is 8.42 Å². The van der Waals surface area contributed by atoms with Gasteiger partial charge in [-0.3, -0.25) is 0 Å². The zero-order valence-electron chi connectivity index (χ0n) is 13.1. The summed E-state index contributed by atoms with van der Waals surface area (Å²) in [6, 6.07) is 0. The molecule has 0 aliphatic carbocycles. The Labute approximate surface area is 124 Å². The number of likely N-dealkylation sites (N-methyl/N-ethyl adjacent to an activating group) is 1. The zero-order chi connectivity index (χ0) is 15.2. The third kappa shape index (κ3) is 4.96. The maximum atomic E-state index is 12.7. The summed E-state index contributed by atoms with van der Waals surface area (Å²) in [7, 11) is 0.580. The van der Waals surface area contributed by atoms with Gasteiger partial charge in [-0.25, -0.2) is 0 Å². The summed E-state index contributed by atoms with van der Waals surface area (Å²) in [5.41, 5.74) is 5.70. The van der Waals surface area contributed by atoms with Crippen molar-refractivity contribution in [1.82, 2.24) is 13.5 Å². The predicted molar refractivity (Wildman–Crippen MR) is 82.7 cm³/mol. The van der Waals surface area contributed by atoms with Crippen LogP contribution in [0.2, 0.25) is 0 Å². The second kappa shape index (κ2) is 8.29. The number of piperidine rings is 1. The second-order valence-corrected chi connectivity index (χ2v) is 7.74. The van der Waals surface area contributed by atoms with Crippen LogP contribution in [-0.2, 0) is 10.2 Å². The number of hydrogen-bond acceptors (Lipinski definition) is 4. The standard InChI is InChI=1S/C13H30N4O2S/c1-4-7-16(10-9-15(2)3)20(18,19)17-8-5-6-13(11-14)12-17/h13H,4-12,14H2,1-3H3. The summed E-state index contributed by atoms with van der Waals surface area (Å²) in [5.74, 6) is 0.302. The fourth-order valence-corrected chi connectivity index (χ4v) is 4.31. The molecule has 0 spiro atoms. The highest BCUT2D eigenvalue weighted by Gasteiger charge is 2.32. The van der Waals surface area contributed by atoms with Crippen LogP contribution in [0, 0.1) is 5.92 Å². The topological polar surface area (TPSA) is 69.9 Å². The molecule has 0 aromatic rings. The number of hydrogen-bond donors (Lipinski definition) is 1. The first kappa shape index (κ1) is 17.8. The first-order valence-electron chi connectivity index (χ1n) is 7.51. The van der Waals surface area contributed by atoms with Crippen LogP contribution in [0.1, 0.15) is 26.2 Å². The molecule has 7 heteroatoms. The molecule has 1 rings (SSSR count). The second-order valence-electron chi connectivity index (χ2n) is 5.81. The van der Waals surface area contributed by atoms with E-state index < -0.39 is 10.2 Å². The average molecular weight is 306 g/mol. The van der Waals surface area contributed by atoms with Crippen molar-refractivity contribution in [2.24, 2.45) is 11.7 Å². The molecule has 1 saturated heterocycles. The van der Waals surface area contributed by atoms with Crippen molar-refractivity contribution >= 4 is 10.2 Å². The van der Waals surface area contributed by atoms with Crippen molar-refractivity contribution in [1.29, 1.82) is 0 Å². The van der Waals surface area contributed by atoms with Crippen molar-refractivity contribution in [2.45, 2.75) is 26.2 Å². The average Bonchev–Trinajstić information content (AvgIpc) is 2.43. The summed E-state index contributed by atoms with van der Waals surface area (Å²) in [6.07, 6.45) is 2.78. The fraction of sp³-hybridized carbons (Fsp3) is 1.00. The van der Waals surface area contributed by atoms with Crippen LogP contribution in [0.4, 0.5) is 0 Å². The van der Waals surface area contributed by atoms with Gasteiger partial charge in [0.05, 0.1) is 0 Å². The van der Waals surface area contributed by atoms with Crippen LogP contribution in [0.5, 0.6) is 0 Å². The largest absolute Gasteiger partial charge is 0.330 e. The van der Waals surface area contributed by atoms with Crippen molar-refractivity contribution in [3.8, 4) is 0 Å². The highest BCUT2D eigenvalue weighted by molar-refractivity contribution is 7.86. The molecule has 1 aliphatic heterocycles. The Hall–Kier alpha value is -0.210. The molecule has 20 heavy (non-hydrogen) atoms. The third-order valence-electron chi connectivity index (χ3n) is 3.74. The Balaban J connectivity index is 2.75. The fourth-order valence-electron chi connectivity index (χ4n) is 2.50. The SMILES string of the molecule is CCCN(CCN(C)C)S(=O)(=O)N1CCCC(CN)C1. The molecule has 1 atom stereocenters. The lowest BCUT2D eigenvalue weighted by atomic mass is 10.0. The molecule has 0 bridgehead atoms. The van der Waals surface area contributed by atoms with E-state index in [1.165, 1.54) is 0 Å². The zero-order valence-corrected chi connectivity index (χ0v) is 13.9. The monoisotopic (exact) mass is 306 g/mol. The van der Waals surface area contributed by atoms with Crippen LogP contribution in [0.25, 0.3) is 0 Å². The first-order chi connectivity index (χ1) is 9.41. The van der Waals surface area contributed by atoms with E-state index in [1.807, 2.05) is 25.9 Å². The lowest BCUT2D eigenvalue weighted by Crippen LogP contribution is -2.50. The molecule has 0 saturated carbocycles. The van der Waals surface area contributed by atoms with Crippen molar-refractivity contribution in [3.05, 3.63) is 0 Å². The van der Waals surface area contributed by atoms with Crippen LogP contribution >= 0.6 is 0 Å². The minimum Gasteiger partial charge on any atom is -0.330 e. The maximum absolute atomic E-state index is 12.7. The quantitative estimate of drug-likeness (QED) is 0.694. The Morgan fingerprint density at radius 2 is 1.95 bits per heavy atom. The van der Waals surface area contributed by atoms with Gasteiger partial charge in [-0.05, 0) is 45.8 Å². The third-order valence-corrected chi connectivity index (χ3v) is 5.74. The number of rotatable bonds is 8. The van der Waals surface area contributed by atoms with E-state index in [0.29, 0.717) is 38.6 Å². The molecule has 2 N–H and O–H groups in total. The van der Waals surface area contributed by atoms with E-state index in [1.54, 1.807) is 8.61 Å². The summed E-state index contributed by atoms with van der Waals surface area (Å²) < 4.78 is 28.7. The minimum atomic E-state index is -3.34. The van der Waals surface area contributed by atoms with Gasteiger partial charge in [-0.1, -0.05) is 6.92 Å². The minimum absolute atomic E-state index is 0.302. The van der Waals surface area contributed by atoms with Crippen LogP contribution < -0.4 is 5.73 Å². The molecule has 0 amide bonds. The summed E-state index contributed by atoms with van der Waals surface area (Å²) in [4.78, 5) is 2.01. The number of nitrogens with zero attached hydrogens (tertiary/aromatic N) is 3. The Bertz CT molecular complexity index is 373. The van der Waals surface area contributed by atoms with Crippen LogP contribution in [-0.4, -0.2) is 75.3 Å². The highest BCUT2D eigenvalue weighted by atomic mass is 32.2. The van der Waals surface area contributed by atoms with Gasteiger partial charge in [0, 0.05) is 32.7 Å². The lowest BCUT2D eigenvalue weighted by molar-refractivity contribution is 0.244. The van der Waals surface area contributed by atoms with Gasteiger partial charge in [0.15, 0.2) is 0 Å². The summed E-state index contributed by atoms with van der Waals surface area (Å²) in [5, 5.41) is 0. The Morgan fingerprint density at radius 1 is 1.25 bits per heavy atom. The normalized spacial score (nSPS) is 21.8. The lowest BCUT2D eigenvalue weighted by Gasteiger charge is -2.35. The van der Waals surface area contributed by atoms with Crippen molar-refractivity contribution in [3.63, 3.8) is 0 Å². The molecule has 6 nitrogen and oxygen atoms in total. The molecule has 1 fully saturated rings. The van der Waals surface area contributed by atoms with E-state index in [2.05, 4.69) is 0 Å². The molecule has 1 unspecified atom stereocenters. The number of nitrogens with two attached hydrogens (primary N) is 1. The highest BCUT2D eigenvalue weighted by Crippen LogP contribution is 2.20. The molecule has 1 aliphatic rings. The maximum Gasteiger partial charge on any atom is 0.282 e. The van der Waals surface area contributed by atoms with Crippen LogP contribution in [0.3, 0.4) is 0 Å². The van der Waals surface area contributed by atoms with Gasteiger partial charge in [-0.2, -0.15) is 17.0 Å². The molecular weight excluding hydrogens is 276 g/mol. The van der Waals surface area contributed by atoms with E-state index in [-0.39, 0.29) is 0 Å². The molecule has 0 aromatic heterocycles. The van der Waals surface area contributed by atoms with Gasteiger partial charge in [-0.15, -0.1) is 0 Å². The van der Waals surface area contributed by atoms with Gasteiger partial charge in [0.1, 0.15) is 0 Å². The Morgan fingerprint density at radius 3 is 2.50 bits per heavy atom. The molecule has 0 aromatic carbocycles. The van der Waals surface area contributed by atoms with Gasteiger partial charge >= 0.3 is 0 Å². The van der Waals surface area contributed by atoms with E-state index in [4.69, 9.17) is 5.73 Å². The smallest absolute Gasteiger partial charge is 0.282 e. The van der Waals surface area contributed by atoms with Crippen molar-refractivity contribution in [2.75, 3.05) is 53.4 Å². The molecule has 1 heterocycles. The van der Waals surface area contributed by atoms with Gasteiger partial charge < -0.3 is 10.6 Å². The van der Waals surface area contributed by atoms with E-state index in [0.717, 1.165) is 25.8 Å². The molecular formula is C13H30N4O2S. The van der Waals surface area contributed by atoms with Gasteiger partial charge in [0.2, 0.25) is 0 Å². The van der Waals surface area contributed by atoms with Crippen LogP contribution in [0.15, 0.2) is 0 Å². The molecule has 0 radical (unpaired) electrons. The summed E-state index contributed by atoms with van der Waals surface area (Å²) in [6.45, 7) is 5.65. The molecule has 120 valence electrons.